The molecular weight excluding hydrogens is 427 g/mol. The summed E-state index contributed by atoms with van der Waals surface area (Å²) < 4.78 is 45.9. The average molecular weight is 445 g/mol. The van der Waals surface area contributed by atoms with Gasteiger partial charge in [-0.25, -0.2) is 4.98 Å². The number of ether oxygens (including phenoxy) is 1. The van der Waals surface area contributed by atoms with Gasteiger partial charge in [-0.1, -0.05) is 5.92 Å². The highest BCUT2D eigenvalue weighted by molar-refractivity contribution is 6.05. The Bertz CT molecular complexity index is 1170. The third kappa shape index (κ3) is 5.91. The van der Waals surface area contributed by atoms with Crippen LogP contribution in [0, 0.1) is 11.8 Å². The molecule has 0 atom stereocenters. The lowest BCUT2D eigenvalue weighted by Gasteiger charge is -2.12. The second kappa shape index (κ2) is 9.74. The maximum Gasteiger partial charge on any atom is 0.432 e. The molecule has 166 valence electrons. The second-order valence-corrected chi connectivity index (χ2v) is 6.54. The summed E-state index contributed by atoms with van der Waals surface area (Å²) in [5.74, 6) is 4.74. The molecule has 0 aliphatic rings. The van der Waals surface area contributed by atoms with Gasteiger partial charge in [-0.05, 0) is 24.3 Å². The number of halogens is 3. The largest absolute Gasteiger partial charge is 0.490 e. The molecule has 1 aromatic carbocycles. The van der Waals surface area contributed by atoms with E-state index in [2.05, 4.69) is 32.4 Å². The van der Waals surface area contributed by atoms with Gasteiger partial charge in [0.2, 0.25) is 6.41 Å². The summed E-state index contributed by atoms with van der Waals surface area (Å²) in [5, 5.41) is 5.01. The summed E-state index contributed by atoms with van der Waals surface area (Å²) in [6, 6.07) is 6.13. The first-order valence-corrected chi connectivity index (χ1v) is 9.27. The number of aryl methyl sites for hydroxylation is 1. The number of carbonyl (C=O) groups is 2. The standard InChI is InChI=1S/C21H18F3N5O3/c1-29-8-6-14(12-29)2-5-19(31)27-16-10-15(3-4-17(16)32-9-7-25-13-30)20-26-11-18(28-20)21(22,23)24/h3-4,6,8,10-13H,7,9H2,1H3,(H,25,30)(H,26,28)(H,27,31). The number of rotatable bonds is 7. The molecule has 2 amide bonds. The Balaban J connectivity index is 1.84. The highest BCUT2D eigenvalue weighted by Crippen LogP contribution is 2.32. The molecule has 0 aliphatic carbocycles. The van der Waals surface area contributed by atoms with E-state index in [1.807, 2.05) is 7.05 Å². The Morgan fingerprint density at radius 2 is 2.16 bits per heavy atom. The summed E-state index contributed by atoms with van der Waals surface area (Å²) in [6.45, 7) is 0.329. The van der Waals surface area contributed by atoms with Crippen LogP contribution in [0.15, 0.2) is 42.9 Å². The molecule has 2 heterocycles. The van der Waals surface area contributed by atoms with Crippen molar-refractivity contribution in [2.45, 2.75) is 6.18 Å². The van der Waals surface area contributed by atoms with E-state index >= 15 is 0 Å². The second-order valence-electron chi connectivity index (χ2n) is 6.54. The molecule has 2 aromatic heterocycles. The quantitative estimate of drug-likeness (QED) is 0.296. The van der Waals surface area contributed by atoms with E-state index in [0.29, 0.717) is 23.7 Å². The lowest BCUT2D eigenvalue weighted by molar-refractivity contribution is -0.140. The van der Waals surface area contributed by atoms with Gasteiger partial charge in [-0.15, -0.1) is 0 Å². The first-order chi connectivity index (χ1) is 15.3. The number of benzene rings is 1. The minimum Gasteiger partial charge on any atom is -0.490 e. The zero-order valence-electron chi connectivity index (χ0n) is 16.8. The third-order valence-electron chi connectivity index (χ3n) is 4.12. The molecule has 0 saturated carbocycles. The molecule has 11 heteroatoms. The maximum atomic E-state index is 12.9. The molecule has 0 saturated heterocycles. The molecule has 8 nitrogen and oxygen atoms in total. The van der Waals surface area contributed by atoms with Gasteiger partial charge in [0.15, 0.2) is 0 Å². The van der Waals surface area contributed by atoms with Crippen molar-refractivity contribution in [1.29, 1.82) is 0 Å². The summed E-state index contributed by atoms with van der Waals surface area (Å²) in [6.07, 6.45) is 0.162. The van der Waals surface area contributed by atoms with E-state index in [9.17, 15) is 22.8 Å². The van der Waals surface area contributed by atoms with E-state index in [1.54, 1.807) is 23.0 Å². The van der Waals surface area contributed by atoms with Crippen LogP contribution in [-0.4, -0.2) is 40.0 Å². The van der Waals surface area contributed by atoms with Crippen molar-refractivity contribution in [1.82, 2.24) is 19.9 Å². The topological polar surface area (TPSA) is 101 Å². The van der Waals surface area contributed by atoms with Gasteiger partial charge < -0.3 is 24.9 Å². The number of imidazole rings is 1. The zero-order chi connectivity index (χ0) is 23.1. The SMILES string of the molecule is Cn1ccc(C#CC(=O)Nc2cc(-c3ncc(C(F)(F)F)[nH]3)ccc2OCCNC=O)c1. The number of anilines is 1. The molecule has 0 spiro atoms. The van der Waals surface area contributed by atoms with E-state index < -0.39 is 17.8 Å². The van der Waals surface area contributed by atoms with Gasteiger partial charge in [0.1, 0.15) is 23.9 Å². The highest BCUT2D eigenvalue weighted by Gasteiger charge is 2.33. The molecule has 0 bridgehead atoms. The minimum absolute atomic E-state index is 0.0302. The summed E-state index contributed by atoms with van der Waals surface area (Å²) >= 11 is 0. The Morgan fingerprint density at radius 3 is 2.81 bits per heavy atom. The number of nitrogens with zero attached hydrogens (tertiary/aromatic N) is 2. The Kier molecular flexibility index (Phi) is 6.84. The molecule has 3 rings (SSSR count). The fourth-order valence-electron chi connectivity index (χ4n) is 2.65. The van der Waals surface area contributed by atoms with Crippen LogP contribution in [0.25, 0.3) is 11.4 Å². The van der Waals surface area contributed by atoms with E-state index in [0.717, 1.165) is 0 Å². The maximum absolute atomic E-state index is 12.9. The number of H-pyrrole nitrogens is 1. The predicted molar refractivity (Wildman–Crippen MR) is 110 cm³/mol. The molecule has 3 aromatic rings. The van der Waals surface area contributed by atoms with E-state index in [-0.39, 0.29) is 30.4 Å². The van der Waals surface area contributed by atoms with Gasteiger partial charge in [-0.2, -0.15) is 13.2 Å². The van der Waals surface area contributed by atoms with Gasteiger partial charge in [0.05, 0.1) is 18.4 Å². The van der Waals surface area contributed by atoms with Crippen molar-refractivity contribution in [2.75, 3.05) is 18.5 Å². The molecule has 0 radical (unpaired) electrons. The number of alkyl halides is 3. The number of carbonyl (C=O) groups excluding carboxylic acids is 2. The predicted octanol–water partition coefficient (Wildman–Crippen LogP) is 2.55. The van der Waals surface area contributed by atoms with Crippen LogP contribution < -0.4 is 15.4 Å². The molecule has 32 heavy (non-hydrogen) atoms. The Hall–Kier alpha value is -4.20. The smallest absolute Gasteiger partial charge is 0.432 e. The van der Waals surface area contributed by atoms with Crippen LogP contribution in [0.5, 0.6) is 5.75 Å². The summed E-state index contributed by atoms with van der Waals surface area (Å²) in [7, 11) is 1.82. The van der Waals surface area contributed by atoms with Crippen molar-refractivity contribution < 1.29 is 27.5 Å². The molecule has 0 aliphatic heterocycles. The number of amides is 2. The van der Waals surface area contributed by atoms with Crippen LogP contribution in [0.1, 0.15) is 11.3 Å². The number of hydrogen-bond donors (Lipinski definition) is 3. The van der Waals surface area contributed by atoms with Gasteiger partial charge in [-0.3, -0.25) is 9.59 Å². The van der Waals surface area contributed by atoms with Crippen molar-refractivity contribution in [3.05, 3.63) is 54.1 Å². The van der Waals surface area contributed by atoms with Crippen LogP contribution >= 0.6 is 0 Å². The lowest BCUT2D eigenvalue weighted by atomic mass is 10.1. The minimum atomic E-state index is -4.57. The number of aromatic amines is 1. The van der Waals surface area contributed by atoms with Crippen molar-refractivity contribution in [3.63, 3.8) is 0 Å². The highest BCUT2D eigenvalue weighted by atomic mass is 19.4. The van der Waals surface area contributed by atoms with Gasteiger partial charge in [0.25, 0.3) is 0 Å². The zero-order valence-corrected chi connectivity index (χ0v) is 16.8. The van der Waals surface area contributed by atoms with Gasteiger partial charge in [0, 0.05) is 36.5 Å². The first-order valence-electron chi connectivity index (χ1n) is 9.27. The van der Waals surface area contributed by atoms with E-state index in [4.69, 9.17) is 4.74 Å². The summed E-state index contributed by atoms with van der Waals surface area (Å²) in [4.78, 5) is 28.7. The van der Waals surface area contributed by atoms with Crippen molar-refractivity contribution in [3.8, 4) is 29.0 Å². The van der Waals surface area contributed by atoms with Crippen LogP contribution in [0.3, 0.4) is 0 Å². The molecule has 3 N–H and O–H groups in total. The van der Waals surface area contributed by atoms with Crippen LogP contribution in [0.4, 0.5) is 18.9 Å². The first kappa shape index (κ1) is 22.5. The number of aromatic nitrogens is 3. The Labute approximate surface area is 180 Å². The molecule has 0 unspecified atom stereocenters. The van der Waals surface area contributed by atoms with Crippen molar-refractivity contribution in [2.24, 2.45) is 7.05 Å². The monoisotopic (exact) mass is 445 g/mol. The number of hydrogen-bond acceptors (Lipinski definition) is 4. The van der Waals surface area contributed by atoms with Crippen LogP contribution in [-0.2, 0) is 22.8 Å². The van der Waals surface area contributed by atoms with Gasteiger partial charge >= 0.3 is 12.1 Å². The normalized spacial score (nSPS) is 10.8. The summed E-state index contributed by atoms with van der Waals surface area (Å²) in [5.41, 5.74) is 0.131. The Morgan fingerprint density at radius 1 is 1.34 bits per heavy atom. The van der Waals surface area contributed by atoms with Crippen LogP contribution in [0.2, 0.25) is 0 Å². The molecular formula is C21H18F3N5O3. The fraction of sp³-hybridized carbons (Fsp3) is 0.190. The average Bonchev–Trinajstić information content (AvgIpc) is 3.40. The lowest BCUT2D eigenvalue weighted by Crippen LogP contribution is -2.19. The number of nitrogens with one attached hydrogen (secondary N) is 3. The molecule has 0 fully saturated rings. The fourth-order valence-corrected chi connectivity index (χ4v) is 2.65. The van der Waals surface area contributed by atoms with E-state index in [1.165, 1.54) is 18.2 Å². The van der Waals surface area contributed by atoms with Crippen molar-refractivity contribution >= 4 is 18.0 Å². The third-order valence-corrected chi connectivity index (χ3v) is 4.12.